The maximum atomic E-state index is 4.07. The minimum Gasteiger partial charge on any atom is -0.317 e. The van der Waals surface area contributed by atoms with E-state index in [-0.39, 0.29) is 0 Å². The van der Waals surface area contributed by atoms with Gasteiger partial charge in [-0.2, -0.15) is 0 Å². The average Bonchev–Trinajstić information content (AvgIpc) is 2.29. The summed E-state index contributed by atoms with van der Waals surface area (Å²) in [4.78, 5) is 4.07. The molecule has 1 aromatic rings. The van der Waals surface area contributed by atoms with Gasteiger partial charge in [0, 0.05) is 18.4 Å². The fraction of sp³-hybridized carbons (Fsp3) is 0.462. The number of aromatic nitrogens is 1. The zero-order valence-corrected chi connectivity index (χ0v) is 9.77. The summed E-state index contributed by atoms with van der Waals surface area (Å²) in [5.41, 5.74) is 1.17. The molecule has 0 saturated heterocycles. The molecule has 2 atom stereocenters. The van der Waals surface area contributed by atoms with E-state index in [1.165, 1.54) is 5.56 Å². The van der Waals surface area contributed by atoms with Crippen LogP contribution in [0.3, 0.4) is 0 Å². The van der Waals surface area contributed by atoms with Gasteiger partial charge in [-0.25, -0.2) is 0 Å². The summed E-state index contributed by atoms with van der Waals surface area (Å²) in [5, 5.41) is 3.27. The Morgan fingerprint density at radius 3 is 2.87 bits per heavy atom. The molecule has 0 aliphatic carbocycles. The van der Waals surface area contributed by atoms with Crippen molar-refractivity contribution in [2.24, 2.45) is 5.92 Å². The highest BCUT2D eigenvalue weighted by Crippen LogP contribution is 2.09. The molecule has 0 bridgehead atoms. The zero-order chi connectivity index (χ0) is 11.1. The molecule has 0 aliphatic rings. The molecule has 2 nitrogen and oxygen atoms in total. The van der Waals surface area contributed by atoms with Crippen molar-refractivity contribution >= 4 is 6.08 Å². The quantitative estimate of drug-likeness (QED) is 0.797. The van der Waals surface area contributed by atoms with E-state index in [4.69, 9.17) is 0 Å². The largest absolute Gasteiger partial charge is 0.317 e. The first-order valence-electron chi connectivity index (χ1n) is 5.48. The first kappa shape index (κ1) is 11.9. The maximum absolute atomic E-state index is 4.07. The van der Waals surface area contributed by atoms with E-state index in [2.05, 4.69) is 42.4 Å². The molecule has 1 heterocycles. The smallest absolute Gasteiger partial charge is 0.0340 e. The molecule has 0 saturated carbocycles. The van der Waals surface area contributed by atoms with Gasteiger partial charge in [0.15, 0.2) is 0 Å². The zero-order valence-electron chi connectivity index (χ0n) is 9.77. The van der Waals surface area contributed by atoms with Crippen molar-refractivity contribution in [1.82, 2.24) is 10.3 Å². The van der Waals surface area contributed by atoms with Gasteiger partial charge in [0.1, 0.15) is 0 Å². The summed E-state index contributed by atoms with van der Waals surface area (Å²) in [5.74, 6) is 0.655. The molecule has 0 aliphatic heterocycles. The summed E-state index contributed by atoms with van der Waals surface area (Å²) >= 11 is 0. The number of pyridine rings is 1. The third-order valence-electron chi connectivity index (χ3n) is 2.81. The van der Waals surface area contributed by atoms with E-state index in [1.54, 1.807) is 6.20 Å². The van der Waals surface area contributed by atoms with Gasteiger partial charge in [0.05, 0.1) is 0 Å². The summed E-state index contributed by atoms with van der Waals surface area (Å²) in [6.07, 6.45) is 9.12. The molecule has 0 radical (unpaired) electrons. The molecule has 15 heavy (non-hydrogen) atoms. The van der Waals surface area contributed by atoms with E-state index >= 15 is 0 Å². The van der Waals surface area contributed by atoms with Crippen molar-refractivity contribution in [2.45, 2.75) is 26.3 Å². The highest BCUT2D eigenvalue weighted by molar-refractivity contribution is 5.47. The second-order valence-electron chi connectivity index (χ2n) is 3.98. The fourth-order valence-corrected chi connectivity index (χ4v) is 1.38. The number of nitrogens with zero attached hydrogens (tertiary/aromatic N) is 1. The number of hydrogen-bond acceptors (Lipinski definition) is 2. The lowest BCUT2D eigenvalue weighted by Crippen LogP contribution is -2.28. The lowest BCUT2D eigenvalue weighted by atomic mass is 9.99. The molecule has 1 N–H and O–H groups in total. The number of nitrogens with one attached hydrogen (secondary N) is 1. The van der Waals surface area contributed by atoms with Crippen molar-refractivity contribution in [3.8, 4) is 0 Å². The Balaban J connectivity index is 2.40. The van der Waals surface area contributed by atoms with Crippen LogP contribution in [-0.2, 0) is 0 Å². The SMILES string of the molecule is CNC(C)C(C)C/C=C\c1cccnc1. The minimum atomic E-state index is 0.559. The Morgan fingerprint density at radius 2 is 2.27 bits per heavy atom. The molecular formula is C13H20N2. The monoisotopic (exact) mass is 204 g/mol. The van der Waals surface area contributed by atoms with Crippen molar-refractivity contribution in [1.29, 1.82) is 0 Å². The minimum absolute atomic E-state index is 0.559. The van der Waals surface area contributed by atoms with Crippen molar-refractivity contribution in [3.63, 3.8) is 0 Å². The van der Waals surface area contributed by atoms with Gasteiger partial charge in [0.2, 0.25) is 0 Å². The Hall–Kier alpha value is -1.15. The fourth-order valence-electron chi connectivity index (χ4n) is 1.38. The van der Waals surface area contributed by atoms with Crippen LogP contribution < -0.4 is 5.32 Å². The summed E-state index contributed by atoms with van der Waals surface area (Å²) in [6, 6.07) is 4.58. The third kappa shape index (κ3) is 4.26. The van der Waals surface area contributed by atoms with Crippen LogP contribution in [0.25, 0.3) is 6.08 Å². The average molecular weight is 204 g/mol. The van der Waals surface area contributed by atoms with Crippen LogP contribution in [0.1, 0.15) is 25.8 Å². The molecule has 0 aromatic carbocycles. The number of rotatable bonds is 5. The van der Waals surface area contributed by atoms with Crippen LogP contribution in [0.15, 0.2) is 30.6 Å². The topological polar surface area (TPSA) is 24.9 Å². The summed E-state index contributed by atoms with van der Waals surface area (Å²) < 4.78 is 0. The lowest BCUT2D eigenvalue weighted by molar-refractivity contribution is 0.430. The predicted octanol–water partition coefficient (Wildman–Crippen LogP) is 2.73. The number of allylic oxidation sites excluding steroid dienone is 1. The van der Waals surface area contributed by atoms with Crippen LogP contribution in [0.2, 0.25) is 0 Å². The maximum Gasteiger partial charge on any atom is 0.0340 e. The Kier molecular flexibility index (Phi) is 5.05. The van der Waals surface area contributed by atoms with Gasteiger partial charge < -0.3 is 5.32 Å². The van der Waals surface area contributed by atoms with Gasteiger partial charge in [-0.05, 0) is 37.9 Å². The Bertz CT molecular complexity index is 293. The highest BCUT2D eigenvalue weighted by atomic mass is 14.9. The molecule has 0 fully saturated rings. The van der Waals surface area contributed by atoms with E-state index in [0.717, 1.165) is 6.42 Å². The summed E-state index contributed by atoms with van der Waals surface area (Å²) in [7, 11) is 2.01. The third-order valence-corrected chi connectivity index (χ3v) is 2.81. The van der Waals surface area contributed by atoms with Gasteiger partial charge in [0.25, 0.3) is 0 Å². The molecular weight excluding hydrogens is 184 g/mol. The predicted molar refractivity (Wildman–Crippen MR) is 65.6 cm³/mol. The van der Waals surface area contributed by atoms with E-state index < -0.39 is 0 Å². The van der Waals surface area contributed by atoms with Crippen LogP contribution in [0.4, 0.5) is 0 Å². The van der Waals surface area contributed by atoms with E-state index in [1.807, 2.05) is 19.3 Å². The van der Waals surface area contributed by atoms with Crippen LogP contribution in [-0.4, -0.2) is 18.1 Å². The summed E-state index contributed by atoms with van der Waals surface area (Å²) in [6.45, 7) is 4.47. The lowest BCUT2D eigenvalue weighted by Gasteiger charge is -2.17. The van der Waals surface area contributed by atoms with Crippen LogP contribution in [0.5, 0.6) is 0 Å². The molecule has 2 unspecified atom stereocenters. The van der Waals surface area contributed by atoms with Gasteiger partial charge in [-0.3, -0.25) is 4.98 Å². The molecule has 0 amide bonds. The van der Waals surface area contributed by atoms with Crippen LogP contribution in [0, 0.1) is 5.92 Å². The first-order valence-corrected chi connectivity index (χ1v) is 5.48. The van der Waals surface area contributed by atoms with Gasteiger partial charge >= 0.3 is 0 Å². The van der Waals surface area contributed by atoms with E-state index in [9.17, 15) is 0 Å². The van der Waals surface area contributed by atoms with Crippen molar-refractivity contribution < 1.29 is 0 Å². The molecule has 82 valence electrons. The van der Waals surface area contributed by atoms with Crippen molar-refractivity contribution in [2.75, 3.05) is 7.05 Å². The molecule has 1 aromatic heterocycles. The first-order chi connectivity index (χ1) is 7.24. The Morgan fingerprint density at radius 1 is 1.47 bits per heavy atom. The Labute approximate surface area is 92.4 Å². The normalized spacial score (nSPS) is 15.4. The van der Waals surface area contributed by atoms with Gasteiger partial charge in [-0.15, -0.1) is 0 Å². The van der Waals surface area contributed by atoms with Crippen LogP contribution >= 0.6 is 0 Å². The second kappa shape index (κ2) is 6.36. The molecule has 2 heteroatoms. The van der Waals surface area contributed by atoms with E-state index in [0.29, 0.717) is 12.0 Å². The standard InChI is InChI=1S/C13H20N2/c1-11(12(2)14-3)6-4-7-13-8-5-9-15-10-13/h4-5,7-12,14H,6H2,1-3H3/b7-4-. The molecule has 1 rings (SSSR count). The highest BCUT2D eigenvalue weighted by Gasteiger charge is 2.06. The second-order valence-corrected chi connectivity index (χ2v) is 3.98. The van der Waals surface area contributed by atoms with Gasteiger partial charge in [-0.1, -0.05) is 25.1 Å². The molecule has 0 spiro atoms. The van der Waals surface area contributed by atoms with Crippen molar-refractivity contribution in [3.05, 3.63) is 36.2 Å². The number of hydrogen-bond donors (Lipinski definition) is 1.